The lowest BCUT2D eigenvalue weighted by Crippen LogP contribution is -2.34. The minimum absolute atomic E-state index is 0.202. The van der Waals surface area contributed by atoms with Crippen LogP contribution in [0.25, 0.3) is 0 Å². The van der Waals surface area contributed by atoms with Crippen molar-refractivity contribution in [2.24, 2.45) is 5.92 Å². The van der Waals surface area contributed by atoms with E-state index < -0.39 is 0 Å². The Morgan fingerprint density at radius 1 is 1.32 bits per heavy atom. The molecule has 1 atom stereocenters. The molecule has 0 saturated carbocycles. The number of carbonyl (C=O) groups is 1. The lowest BCUT2D eigenvalue weighted by molar-refractivity contribution is 0.0375. The first-order chi connectivity index (χ1) is 10.3. The van der Waals surface area contributed by atoms with E-state index in [0.717, 1.165) is 6.42 Å². The Kier molecular flexibility index (Phi) is 7.18. The summed E-state index contributed by atoms with van der Waals surface area (Å²) in [5, 5.41) is 0. The van der Waals surface area contributed by atoms with Gasteiger partial charge >= 0.3 is 5.97 Å². The highest BCUT2D eigenvalue weighted by Crippen LogP contribution is 2.23. The van der Waals surface area contributed by atoms with Crippen LogP contribution in [0.4, 0.5) is 5.69 Å². The van der Waals surface area contributed by atoms with Gasteiger partial charge in [-0.25, -0.2) is 4.79 Å². The van der Waals surface area contributed by atoms with Gasteiger partial charge in [-0.2, -0.15) is 0 Å². The number of rotatable bonds is 8. The Labute approximate surface area is 133 Å². The number of nitrogen functional groups attached to an aromatic ring is 1. The first-order valence-corrected chi connectivity index (χ1v) is 7.71. The number of hydrogen-bond acceptors (Lipinski definition) is 5. The Bertz CT molecular complexity index is 487. The number of hydrogen-bond donors (Lipinski definition) is 1. The van der Waals surface area contributed by atoms with Gasteiger partial charge in [-0.05, 0) is 45.5 Å². The SMILES string of the molecule is CCOc1cc(N)ccc1C(=O)OC[C@H](CC(C)C)N(C)C. The average Bonchev–Trinajstić information content (AvgIpc) is 2.43. The van der Waals surface area contributed by atoms with Crippen LogP contribution >= 0.6 is 0 Å². The number of anilines is 1. The summed E-state index contributed by atoms with van der Waals surface area (Å²) in [5.74, 6) is 0.637. The monoisotopic (exact) mass is 308 g/mol. The molecule has 1 rings (SSSR count). The molecule has 0 radical (unpaired) electrons. The summed E-state index contributed by atoms with van der Waals surface area (Å²) in [6.07, 6.45) is 0.973. The molecule has 0 aliphatic heterocycles. The molecule has 1 aromatic rings. The van der Waals surface area contributed by atoms with Gasteiger partial charge in [0, 0.05) is 17.8 Å². The summed E-state index contributed by atoms with van der Waals surface area (Å²) < 4.78 is 10.9. The second kappa shape index (κ2) is 8.63. The van der Waals surface area contributed by atoms with E-state index >= 15 is 0 Å². The number of likely N-dealkylation sites (N-methyl/N-ethyl adjacent to an activating group) is 1. The zero-order valence-electron chi connectivity index (χ0n) is 14.3. The summed E-state index contributed by atoms with van der Waals surface area (Å²) >= 11 is 0. The van der Waals surface area contributed by atoms with Gasteiger partial charge in [0.15, 0.2) is 0 Å². The Morgan fingerprint density at radius 3 is 2.55 bits per heavy atom. The molecule has 0 heterocycles. The highest BCUT2D eigenvalue weighted by Gasteiger charge is 2.19. The smallest absolute Gasteiger partial charge is 0.341 e. The van der Waals surface area contributed by atoms with Crippen molar-refractivity contribution in [3.8, 4) is 5.75 Å². The molecule has 0 spiro atoms. The molecule has 0 aliphatic rings. The Balaban J connectivity index is 2.76. The molecule has 1 aromatic carbocycles. The lowest BCUT2D eigenvalue weighted by Gasteiger charge is -2.25. The van der Waals surface area contributed by atoms with Crippen molar-refractivity contribution in [3.63, 3.8) is 0 Å². The van der Waals surface area contributed by atoms with Crippen molar-refractivity contribution in [1.82, 2.24) is 4.90 Å². The number of esters is 1. The topological polar surface area (TPSA) is 64.8 Å². The normalized spacial score (nSPS) is 12.5. The van der Waals surface area contributed by atoms with E-state index in [0.29, 0.717) is 36.1 Å². The van der Waals surface area contributed by atoms with Gasteiger partial charge in [0.25, 0.3) is 0 Å². The van der Waals surface area contributed by atoms with Gasteiger partial charge in [-0.3, -0.25) is 0 Å². The first kappa shape index (κ1) is 18.3. The molecule has 2 N–H and O–H groups in total. The molecule has 5 nitrogen and oxygen atoms in total. The maximum Gasteiger partial charge on any atom is 0.341 e. The quantitative estimate of drug-likeness (QED) is 0.591. The molecule has 0 fully saturated rings. The third kappa shape index (κ3) is 5.56. The van der Waals surface area contributed by atoms with E-state index in [1.807, 2.05) is 21.0 Å². The minimum Gasteiger partial charge on any atom is -0.493 e. The summed E-state index contributed by atoms with van der Waals surface area (Å²) in [7, 11) is 3.99. The van der Waals surface area contributed by atoms with Crippen LogP contribution in [0.2, 0.25) is 0 Å². The van der Waals surface area contributed by atoms with Gasteiger partial charge < -0.3 is 20.1 Å². The molecule has 0 amide bonds. The van der Waals surface area contributed by atoms with Crippen LogP contribution in [0.5, 0.6) is 5.75 Å². The standard InChI is InChI=1S/C17H28N2O3/c1-6-21-16-10-13(18)7-8-15(16)17(20)22-11-14(19(4)5)9-12(2)3/h7-8,10,12,14H,6,9,11,18H2,1-5H3/t14-/m0/s1. The van der Waals surface area contributed by atoms with Gasteiger partial charge in [-0.15, -0.1) is 0 Å². The van der Waals surface area contributed by atoms with E-state index in [1.54, 1.807) is 18.2 Å². The van der Waals surface area contributed by atoms with Gasteiger partial charge in [0.05, 0.1) is 6.61 Å². The fraction of sp³-hybridized carbons (Fsp3) is 0.588. The fourth-order valence-electron chi connectivity index (χ4n) is 2.20. The van der Waals surface area contributed by atoms with Crippen molar-refractivity contribution in [1.29, 1.82) is 0 Å². The molecule has 22 heavy (non-hydrogen) atoms. The molecular formula is C17H28N2O3. The molecule has 124 valence electrons. The molecule has 0 unspecified atom stereocenters. The van der Waals surface area contributed by atoms with Crippen molar-refractivity contribution < 1.29 is 14.3 Å². The third-order valence-corrected chi connectivity index (χ3v) is 3.41. The second-order valence-electron chi connectivity index (χ2n) is 6.03. The van der Waals surface area contributed by atoms with Gasteiger partial charge in [0.1, 0.15) is 17.9 Å². The molecule has 5 heteroatoms. The predicted molar refractivity (Wildman–Crippen MR) is 89.2 cm³/mol. The largest absolute Gasteiger partial charge is 0.493 e. The second-order valence-corrected chi connectivity index (χ2v) is 6.03. The number of ether oxygens (including phenoxy) is 2. The molecule has 0 aliphatic carbocycles. The first-order valence-electron chi connectivity index (χ1n) is 7.71. The van der Waals surface area contributed by atoms with Crippen molar-refractivity contribution in [2.45, 2.75) is 33.2 Å². The zero-order valence-corrected chi connectivity index (χ0v) is 14.3. The highest BCUT2D eigenvalue weighted by atomic mass is 16.5. The minimum atomic E-state index is -0.376. The molecular weight excluding hydrogens is 280 g/mol. The summed E-state index contributed by atoms with van der Waals surface area (Å²) in [5.41, 5.74) is 6.71. The summed E-state index contributed by atoms with van der Waals surface area (Å²) in [4.78, 5) is 14.4. The van der Waals surface area contributed by atoms with E-state index in [9.17, 15) is 4.79 Å². The number of nitrogens with zero attached hydrogens (tertiary/aromatic N) is 1. The van der Waals surface area contributed by atoms with Gasteiger partial charge in [-0.1, -0.05) is 13.8 Å². The maximum atomic E-state index is 12.3. The summed E-state index contributed by atoms with van der Waals surface area (Å²) in [6, 6.07) is 5.18. The van der Waals surface area contributed by atoms with Crippen LogP contribution in [0.3, 0.4) is 0 Å². The van der Waals surface area contributed by atoms with E-state index in [-0.39, 0.29) is 12.0 Å². The van der Waals surface area contributed by atoms with Gasteiger partial charge in [0.2, 0.25) is 0 Å². The average molecular weight is 308 g/mol. The predicted octanol–water partition coefficient (Wildman–Crippen LogP) is 2.80. The van der Waals surface area contributed by atoms with Crippen molar-refractivity contribution >= 4 is 11.7 Å². The number of benzene rings is 1. The van der Waals surface area contributed by atoms with E-state index in [2.05, 4.69) is 18.7 Å². The Morgan fingerprint density at radius 2 is 2.00 bits per heavy atom. The molecule has 0 saturated heterocycles. The van der Waals surface area contributed by atoms with Crippen LogP contribution < -0.4 is 10.5 Å². The maximum absolute atomic E-state index is 12.3. The van der Waals surface area contributed by atoms with Crippen molar-refractivity contribution in [3.05, 3.63) is 23.8 Å². The number of carbonyl (C=O) groups excluding carboxylic acids is 1. The third-order valence-electron chi connectivity index (χ3n) is 3.41. The van der Waals surface area contributed by atoms with Crippen LogP contribution in [0.15, 0.2) is 18.2 Å². The molecule has 0 bridgehead atoms. The van der Waals surface area contributed by atoms with Crippen LogP contribution in [-0.4, -0.2) is 44.2 Å². The van der Waals surface area contributed by atoms with E-state index in [4.69, 9.17) is 15.2 Å². The van der Waals surface area contributed by atoms with Crippen LogP contribution in [0.1, 0.15) is 37.6 Å². The zero-order chi connectivity index (χ0) is 16.7. The highest BCUT2D eigenvalue weighted by molar-refractivity contribution is 5.93. The number of nitrogens with two attached hydrogens (primary N) is 1. The van der Waals surface area contributed by atoms with E-state index in [1.165, 1.54) is 0 Å². The van der Waals surface area contributed by atoms with Crippen LogP contribution in [-0.2, 0) is 4.74 Å². The Hall–Kier alpha value is -1.75. The van der Waals surface area contributed by atoms with Crippen molar-refractivity contribution in [2.75, 3.05) is 33.0 Å². The lowest BCUT2D eigenvalue weighted by atomic mass is 10.0. The van der Waals surface area contributed by atoms with Crippen LogP contribution in [0, 0.1) is 5.92 Å². The molecule has 0 aromatic heterocycles. The fourth-order valence-corrected chi connectivity index (χ4v) is 2.20. The summed E-state index contributed by atoms with van der Waals surface area (Å²) in [6.45, 7) is 7.01.